The molecule has 0 bridgehead atoms. The summed E-state index contributed by atoms with van der Waals surface area (Å²) in [7, 11) is 3.93. The van der Waals surface area contributed by atoms with Gasteiger partial charge in [-0.3, -0.25) is 19.8 Å². The van der Waals surface area contributed by atoms with E-state index in [4.69, 9.17) is 16.6 Å². The standard InChI is InChI=1S/C21H23ClN4O3S/c1-13-6-9-18-19(14(13)2)23-21(30-18)25(11-5-10-24(3)4)20(27)16-12-15(26(28)29)7-8-17(16)22/h6-9,12H,5,10-11H2,1-4H3. The van der Waals surface area contributed by atoms with Gasteiger partial charge in [0, 0.05) is 18.7 Å². The summed E-state index contributed by atoms with van der Waals surface area (Å²) in [5.74, 6) is -0.393. The van der Waals surface area contributed by atoms with E-state index < -0.39 is 10.8 Å². The van der Waals surface area contributed by atoms with E-state index in [0.29, 0.717) is 11.7 Å². The quantitative estimate of drug-likeness (QED) is 0.373. The largest absolute Gasteiger partial charge is 0.309 e. The maximum atomic E-state index is 13.4. The number of hydrogen-bond donors (Lipinski definition) is 0. The van der Waals surface area contributed by atoms with E-state index >= 15 is 0 Å². The molecule has 0 saturated carbocycles. The Hall–Kier alpha value is -2.55. The average Bonchev–Trinajstić information content (AvgIpc) is 3.12. The molecule has 0 atom stereocenters. The van der Waals surface area contributed by atoms with E-state index in [2.05, 4.69) is 0 Å². The van der Waals surface area contributed by atoms with Gasteiger partial charge < -0.3 is 4.90 Å². The molecule has 1 amide bonds. The number of non-ortho nitro benzene ring substituents is 1. The second kappa shape index (κ2) is 9.07. The molecule has 2 aromatic carbocycles. The van der Waals surface area contributed by atoms with Gasteiger partial charge in [-0.05, 0) is 64.2 Å². The molecule has 0 aliphatic heterocycles. The van der Waals surface area contributed by atoms with Gasteiger partial charge >= 0.3 is 0 Å². The zero-order valence-electron chi connectivity index (χ0n) is 17.3. The fraction of sp³-hybridized carbons (Fsp3) is 0.333. The molecule has 3 rings (SSSR count). The molecule has 0 aliphatic rings. The molecule has 30 heavy (non-hydrogen) atoms. The van der Waals surface area contributed by atoms with E-state index in [1.54, 1.807) is 4.90 Å². The van der Waals surface area contributed by atoms with Gasteiger partial charge in [0.2, 0.25) is 0 Å². The zero-order chi connectivity index (χ0) is 22.0. The Morgan fingerprint density at radius 1 is 1.20 bits per heavy atom. The van der Waals surface area contributed by atoms with Gasteiger partial charge in [0.15, 0.2) is 5.13 Å². The number of fused-ring (bicyclic) bond motifs is 1. The molecule has 0 N–H and O–H groups in total. The lowest BCUT2D eigenvalue weighted by molar-refractivity contribution is -0.384. The van der Waals surface area contributed by atoms with E-state index in [0.717, 1.165) is 34.3 Å². The summed E-state index contributed by atoms with van der Waals surface area (Å²) in [4.78, 5) is 32.4. The number of benzene rings is 2. The third-order valence-corrected chi connectivity index (χ3v) is 6.30. The van der Waals surface area contributed by atoms with Crippen LogP contribution in [-0.2, 0) is 0 Å². The van der Waals surface area contributed by atoms with Gasteiger partial charge in [-0.1, -0.05) is 29.0 Å². The van der Waals surface area contributed by atoms with Gasteiger partial charge in [-0.2, -0.15) is 0 Å². The molecule has 7 nitrogen and oxygen atoms in total. The Bertz CT molecular complexity index is 1110. The number of anilines is 1. The predicted octanol–water partition coefficient (Wildman–Crippen LogP) is 5.07. The summed E-state index contributed by atoms with van der Waals surface area (Å²) in [6.07, 6.45) is 0.721. The molecule has 158 valence electrons. The normalized spacial score (nSPS) is 11.3. The minimum atomic E-state index is -0.534. The third kappa shape index (κ3) is 4.61. The first-order valence-corrected chi connectivity index (χ1v) is 10.7. The number of nitro benzene ring substituents is 1. The topological polar surface area (TPSA) is 79.6 Å². The van der Waals surface area contributed by atoms with Gasteiger partial charge in [-0.15, -0.1) is 0 Å². The number of thiazole rings is 1. The van der Waals surface area contributed by atoms with Crippen LogP contribution in [-0.4, -0.2) is 47.9 Å². The van der Waals surface area contributed by atoms with Crippen LogP contribution < -0.4 is 4.90 Å². The van der Waals surface area contributed by atoms with Crippen LogP contribution in [0.2, 0.25) is 5.02 Å². The van der Waals surface area contributed by atoms with Crippen molar-refractivity contribution in [3.05, 3.63) is 62.2 Å². The number of carbonyl (C=O) groups is 1. The lowest BCUT2D eigenvalue weighted by Crippen LogP contribution is -2.33. The van der Waals surface area contributed by atoms with Crippen molar-refractivity contribution in [1.29, 1.82) is 0 Å². The number of aromatic nitrogens is 1. The smallest absolute Gasteiger partial charge is 0.270 e. The van der Waals surface area contributed by atoms with Crippen molar-refractivity contribution in [3.8, 4) is 0 Å². The number of aryl methyl sites for hydroxylation is 2. The van der Waals surface area contributed by atoms with E-state index in [-0.39, 0.29) is 16.3 Å². The fourth-order valence-electron chi connectivity index (χ4n) is 3.09. The van der Waals surface area contributed by atoms with Gasteiger partial charge in [-0.25, -0.2) is 4.98 Å². The van der Waals surface area contributed by atoms with Crippen molar-refractivity contribution in [3.63, 3.8) is 0 Å². The highest BCUT2D eigenvalue weighted by atomic mass is 35.5. The van der Waals surface area contributed by atoms with Gasteiger partial charge in [0.1, 0.15) is 0 Å². The number of nitrogens with zero attached hydrogens (tertiary/aromatic N) is 4. The molecule has 0 fully saturated rings. The van der Waals surface area contributed by atoms with Crippen LogP contribution in [0.15, 0.2) is 30.3 Å². The number of rotatable bonds is 7. The van der Waals surface area contributed by atoms with E-state index in [1.165, 1.54) is 29.5 Å². The monoisotopic (exact) mass is 446 g/mol. The Balaban J connectivity index is 2.05. The lowest BCUT2D eigenvalue weighted by atomic mass is 10.1. The summed E-state index contributed by atoms with van der Waals surface area (Å²) in [6, 6.07) is 7.94. The molecule has 0 spiro atoms. The summed E-state index contributed by atoms with van der Waals surface area (Å²) < 4.78 is 0.989. The summed E-state index contributed by atoms with van der Waals surface area (Å²) in [6.45, 7) is 5.25. The van der Waals surface area contributed by atoms with Crippen molar-refractivity contribution in [1.82, 2.24) is 9.88 Å². The highest BCUT2D eigenvalue weighted by Gasteiger charge is 2.25. The predicted molar refractivity (Wildman–Crippen MR) is 122 cm³/mol. The van der Waals surface area contributed by atoms with Gasteiger partial charge in [0.05, 0.1) is 25.7 Å². The van der Waals surface area contributed by atoms with Crippen LogP contribution in [0.25, 0.3) is 10.2 Å². The average molecular weight is 447 g/mol. The SMILES string of the molecule is Cc1ccc2sc(N(CCCN(C)C)C(=O)c3cc([N+](=O)[O-])ccc3Cl)nc2c1C. The Morgan fingerprint density at radius 3 is 2.60 bits per heavy atom. The number of nitro groups is 1. The minimum absolute atomic E-state index is 0.0999. The Morgan fingerprint density at radius 2 is 1.93 bits per heavy atom. The van der Waals surface area contributed by atoms with Crippen LogP contribution in [0, 0.1) is 24.0 Å². The molecule has 0 aliphatic carbocycles. The lowest BCUT2D eigenvalue weighted by Gasteiger charge is -2.21. The van der Waals surface area contributed by atoms with Crippen molar-refractivity contribution in [2.24, 2.45) is 0 Å². The van der Waals surface area contributed by atoms with Crippen molar-refractivity contribution in [2.45, 2.75) is 20.3 Å². The second-order valence-electron chi connectivity index (χ2n) is 7.39. The maximum Gasteiger partial charge on any atom is 0.270 e. The molecular weight excluding hydrogens is 424 g/mol. The van der Waals surface area contributed by atoms with E-state index in [9.17, 15) is 14.9 Å². The van der Waals surface area contributed by atoms with Crippen molar-refractivity contribution >= 4 is 49.9 Å². The first-order chi connectivity index (χ1) is 14.2. The fourth-order valence-corrected chi connectivity index (χ4v) is 4.34. The number of amides is 1. The molecule has 9 heteroatoms. The van der Waals surface area contributed by atoms with Crippen LogP contribution in [0.3, 0.4) is 0 Å². The molecule has 1 aromatic heterocycles. The highest BCUT2D eigenvalue weighted by Crippen LogP contribution is 2.34. The Labute approximate surface area is 184 Å². The molecule has 0 saturated heterocycles. The molecular formula is C21H23ClN4O3S. The summed E-state index contributed by atoms with van der Waals surface area (Å²) >= 11 is 7.67. The molecule has 3 aromatic rings. The van der Waals surface area contributed by atoms with Crippen LogP contribution >= 0.6 is 22.9 Å². The molecule has 0 unspecified atom stereocenters. The number of halogens is 1. The van der Waals surface area contributed by atoms with Crippen molar-refractivity contribution in [2.75, 3.05) is 32.1 Å². The molecule has 0 radical (unpaired) electrons. The van der Waals surface area contributed by atoms with Crippen LogP contribution in [0.5, 0.6) is 0 Å². The number of carbonyl (C=O) groups excluding carboxylic acids is 1. The third-order valence-electron chi connectivity index (χ3n) is 4.93. The van der Waals surface area contributed by atoms with E-state index in [1.807, 2.05) is 45.0 Å². The highest BCUT2D eigenvalue weighted by molar-refractivity contribution is 7.22. The summed E-state index contributed by atoms with van der Waals surface area (Å²) in [5.41, 5.74) is 3.00. The van der Waals surface area contributed by atoms with Crippen LogP contribution in [0.4, 0.5) is 10.8 Å². The zero-order valence-corrected chi connectivity index (χ0v) is 18.9. The van der Waals surface area contributed by atoms with Gasteiger partial charge in [0.25, 0.3) is 11.6 Å². The maximum absolute atomic E-state index is 13.4. The van der Waals surface area contributed by atoms with Crippen LogP contribution in [0.1, 0.15) is 27.9 Å². The Kier molecular flexibility index (Phi) is 6.70. The first-order valence-electron chi connectivity index (χ1n) is 9.46. The first kappa shape index (κ1) is 22.1. The number of hydrogen-bond acceptors (Lipinski definition) is 6. The molecule has 1 heterocycles. The van der Waals surface area contributed by atoms with Crippen molar-refractivity contribution < 1.29 is 9.72 Å². The minimum Gasteiger partial charge on any atom is -0.309 e. The summed E-state index contributed by atoms with van der Waals surface area (Å²) in [5, 5.41) is 11.9. The second-order valence-corrected chi connectivity index (χ2v) is 8.80.